The van der Waals surface area contributed by atoms with Crippen LogP contribution in [-0.4, -0.2) is 27.9 Å². The molecule has 4 nitrogen and oxygen atoms in total. The second kappa shape index (κ2) is 5.18. The van der Waals surface area contributed by atoms with Crippen LogP contribution < -0.4 is 0 Å². The van der Waals surface area contributed by atoms with E-state index in [9.17, 15) is 9.90 Å². The molecule has 1 N–H and O–H groups in total. The summed E-state index contributed by atoms with van der Waals surface area (Å²) in [6.45, 7) is 1.94. The Hall–Kier alpha value is -1.88. The molecule has 94 valence electrons. The fourth-order valence-corrected chi connectivity index (χ4v) is 2.18. The molecule has 0 spiro atoms. The maximum absolute atomic E-state index is 12.1. The summed E-state index contributed by atoms with van der Waals surface area (Å²) >= 11 is 1.40. The monoisotopic (exact) mass is 262 g/mol. The largest absolute Gasteiger partial charge is 0.508 e. The van der Waals surface area contributed by atoms with Gasteiger partial charge >= 0.3 is 0 Å². The van der Waals surface area contributed by atoms with E-state index >= 15 is 0 Å². The number of aromatic hydroxyl groups is 1. The zero-order valence-corrected chi connectivity index (χ0v) is 11.0. The van der Waals surface area contributed by atoms with E-state index in [1.54, 1.807) is 35.0 Å². The van der Waals surface area contributed by atoms with Crippen LogP contribution in [0.1, 0.15) is 29.0 Å². The molecule has 0 fully saturated rings. The highest BCUT2D eigenvalue weighted by Gasteiger charge is 2.20. The molecule has 2 rings (SSSR count). The van der Waals surface area contributed by atoms with E-state index < -0.39 is 0 Å². The molecule has 1 aromatic carbocycles. The van der Waals surface area contributed by atoms with Crippen molar-refractivity contribution in [2.45, 2.75) is 13.0 Å². The minimum absolute atomic E-state index is 0.0696. The van der Waals surface area contributed by atoms with Crippen molar-refractivity contribution >= 4 is 17.2 Å². The lowest BCUT2D eigenvalue weighted by Crippen LogP contribution is -2.29. The Labute approximate surface area is 110 Å². The normalized spacial score (nSPS) is 12.1. The molecule has 0 radical (unpaired) electrons. The topological polar surface area (TPSA) is 53.4 Å². The van der Waals surface area contributed by atoms with Crippen LogP contribution in [0.2, 0.25) is 0 Å². The van der Waals surface area contributed by atoms with Crippen molar-refractivity contribution in [3.05, 3.63) is 46.4 Å². The molecule has 1 unspecified atom stereocenters. The van der Waals surface area contributed by atoms with E-state index in [0.717, 1.165) is 5.56 Å². The molecule has 0 aliphatic rings. The standard InChI is InChI=1S/C13H14N2O2S/c1-9(10-3-5-11(16)6-4-10)15(2)13(17)12-7-18-8-14-12/h3-9,16H,1-2H3. The fourth-order valence-electron chi connectivity index (χ4n) is 1.65. The molecule has 1 heterocycles. The predicted molar refractivity (Wildman–Crippen MR) is 70.7 cm³/mol. The molecular formula is C13H14N2O2S. The molecular weight excluding hydrogens is 248 g/mol. The van der Waals surface area contributed by atoms with Crippen molar-refractivity contribution in [2.24, 2.45) is 0 Å². The Kier molecular flexibility index (Phi) is 3.62. The molecule has 1 atom stereocenters. The van der Waals surface area contributed by atoms with Crippen LogP contribution in [0, 0.1) is 0 Å². The van der Waals surface area contributed by atoms with E-state index in [1.165, 1.54) is 11.3 Å². The molecule has 0 saturated carbocycles. The molecule has 18 heavy (non-hydrogen) atoms. The van der Waals surface area contributed by atoms with Crippen LogP contribution in [-0.2, 0) is 0 Å². The van der Waals surface area contributed by atoms with Gasteiger partial charge in [-0.15, -0.1) is 11.3 Å². The molecule has 1 aromatic heterocycles. The Balaban J connectivity index is 2.16. The van der Waals surface area contributed by atoms with Crippen LogP contribution in [0.5, 0.6) is 5.75 Å². The summed E-state index contributed by atoms with van der Waals surface area (Å²) in [6, 6.07) is 6.79. The van der Waals surface area contributed by atoms with Gasteiger partial charge < -0.3 is 10.0 Å². The molecule has 0 aliphatic carbocycles. The van der Waals surface area contributed by atoms with E-state index in [2.05, 4.69) is 4.98 Å². The first kappa shape index (κ1) is 12.6. The van der Waals surface area contributed by atoms with Gasteiger partial charge in [0.1, 0.15) is 11.4 Å². The lowest BCUT2D eigenvalue weighted by Gasteiger charge is -2.24. The Morgan fingerprint density at radius 3 is 2.61 bits per heavy atom. The first-order valence-electron chi connectivity index (χ1n) is 5.54. The quantitative estimate of drug-likeness (QED) is 0.925. The Morgan fingerprint density at radius 2 is 2.06 bits per heavy atom. The summed E-state index contributed by atoms with van der Waals surface area (Å²) in [5.74, 6) is 0.122. The minimum Gasteiger partial charge on any atom is -0.508 e. The van der Waals surface area contributed by atoms with Crippen LogP contribution >= 0.6 is 11.3 Å². The number of thiazole rings is 1. The number of phenolic OH excluding ortho intramolecular Hbond substituents is 1. The lowest BCUT2D eigenvalue weighted by atomic mass is 10.1. The van der Waals surface area contributed by atoms with Crippen LogP contribution in [0.15, 0.2) is 35.2 Å². The van der Waals surface area contributed by atoms with Gasteiger partial charge in [0.15, 0.2) is 0 Å². The summed E-state index contributed by atoms with van der Waals surface area (Å²) in [5, 5.41) is 11.0. The number of carbonyl (C=O) groups excluding carboxylic acids is 1. The average Bonchev–Trinajstić information content (AvgIpc) is 2.91. The molecule has 0 saturated heterocycles. The van der Waals surface area contributed by atoms with E-state index in [-0.39, 0.29) is 17.7 Å². The number of hydrogen-bond acceptors (Lipinski definition) is 4. The van der Waals surface area contributed by atoms with Crippen molar-refractivity contribution in [1.82, 2.24) is 9.88 Å². The smallest absolute Gasteiger partial charge is 0.273 e. The zero-order chi connectivity index (χ0) is 13.1. The second-order valence-electron chi connectivity index (χ2n) is 4.06. The van der Waals surface area contributed by atoms with Gasteiger partial charge in [0, 0.05) is 12.4 Å². The lowest BCUT2D eigenvalue weighted by molar-refractivity contribution is 0.0737. The molecule has 0 bridgehead atoms. The number of nitrogens with zero attached hydrogens (tertiary/aromatic N) is 2. The van der Waals surface area contributed by atoms with Gasteiger partial charge in [-0.2, -0.15) is 0 Å². The second-order valence-corrected chi connectivity index (χ2v) is 4.78. The highest BCUT2D eigenvalue weighted by molar-refractivity contribution is 7.07. The third kappa shape index (κ3) is 2.51. The first-order valence-corrected chi connectivity index (χ1v) is 6.48. The van der Waals surface area contributed by atoms with Crippen molar-refractivity contribution in [2.75, 3.05) is 7.05 Å². The van der Waals surface area contributed by atoms with E-state index in [1.807, 2.05) is 19.1 Å². The van der Waals surface area contributed by atoms with Crippen LogP contribution in [0.4, 0.5) is 0 Å². The Bertz CT molecular complexity index is 522. The van der Waals surface area contributed by atoms with Gasteiger partial charge in [0.05, 0.1) is 11.6 Å². The summed E-state index contributed by atoms with van der Waals surface area (Å²) in [4.78, 5) is 17.8. The number of benzene rings is 1. The molecule has 2 aromatic rings. The van der Waals surface area contributed by atoms with E-state index in [0.29, 0.717) is 5.69 Å². The van der Waals surface area contributed by atoms with Crippen LogP contribution in [0.3, 0.4) is 0 Å². The summed E-state index contributed by atoms with van der Waals surface area (Å²) in [7, 11) is 1.75. The van der Waals surface area contributed by atoms with Crippen molar-refractivity contribution in [1.29, 1.82) is 0 Å². The van der Waals surface area contributed by atoms with Gasteiger partial charge in [0.2, 0.25) is 0 Å². The number of hydrogen-bond donors (Lipinski definition) is 1. The molecule has 0 aliphatic heterocycles. The van der Waals surface area contributed by atoms with Gasteiger partial charge in [-0.25, -0.2) is 4.98 Å². The maximum Gasteiger partial charge on any atom is 0.273 e. The number of aromatic nitrogens is 1. The highest BCUT2D eigenvalue weighted by atomic mass is 32.1. The summed E-state index contributed by atoms with van der Waals surface area (Å²) < 4.78 is 0. The molecule has 5 heteroatoms. The van der Waals surface area contributed by atoms with Crippen LogP contribution in [0.25, 0.3) is 0 Å². The average molecular weight is 262 g/mol. The van der Waals surface area contributed by atoms with Gasteiger partial charge in [-0.05, 0) is 24.6 Å². The first-order chi connectivity index (χ1) is 8.59. The minimum atomic E-state index is -0.100. The highest BCUT2D eigenvalue weighted by Crippen LogP contribution is 2.22. The number of rotatable bonds is 3. The van der Waals surface area contributed by atoms with Gasteiger partial charge in [-0.1, -0.05) is 12.1 Å². The Morgan fingerprint density at radius 1 is 1.39 bits per heavy atom. The van der Waals surface area contributed by atoms with Gasteiger partial charge in [0.25, 0.3) is 5.91 Å². The van der Waals surface area contributed by atoms with Crippen molar-refractivity contribution < 1.29 is 9.90 Å². The van der Waals surface area contributed by atoms with Crippen molar-refractivity contribution in [3.63, 3.8) is 0 Å². The zero-order valence-electron chi connectivity index (χ0n) is 10.2. The fraction of sp³-hybridized carbons (Fsp3) is 0.231. The van der Waals surface area contributed by atoms with Crippen molar-refractivity contribution in [3.8, 4) is 5.75 Å². The third-order valence-electron chi connectivity index (χ3n) is 2.93. The summed E-state index contributed by atoms with van der Waals surface area (Å²) in [5.41, 5.74) is 3.08. The number of amides is 1. The third-order valence-corrected chi connectivity index (χ3v) is 3.51. The summed E-state index contributed by atoms with van der Waals surface area (Å²) in [6.07, 6.45) is 0. The molecule has 1 amide bonds. The SMILES string of the molecule is CC(c1ccc(O)cc1)N(C)C(=O)c1cscn1. The van der Waals surface area contributed by atoms with Gasteiger partial charge in [-0.3, -0.25) is 4.79 Å². The maximum atomic E-state index is 12.1. The predicted octanol–water partition coefficient (Wildman–Crippen LogP) is 2.68. The van der Waals surface area contributed by atoms with E-state index in [4.69, 9.17) is 0 Å². The number of carbonyl (C=O) groups is 1. The number of phenols is 1.